The van der Waals surface area contributed by atoms with E-state index in [1.807, 2.05) is 36.6 Å². The van der Waals surface area contributed by atoms with Crippen LogP contribution >= 0.6 is 11.3 Å². The van der Waals surface area contributed by atoms with E-state index in [1.54, 1.807) is 6.26 Å². The van der Waals surface area contributed by atoms with Crippen molar-refractivity contribution in [1.82, 2.24) is 5.32 Å². The fourth-order valence-electron chi connectivity index (χ4n) is 1.50. The number of rotatable bonds is 4. The molecule has 0 aliphatic carbocycles. The van der Waals surface area contributed by atoms with Gasteiger partial charge in [0.25, 0.3) is 0 Å². The molecule has 17 heavy (non-hydrogen) atoms. The van der Waals surface area contributed by atoms with Crippen LogP contribution in [-0.2, 0) is 6.42 Å². The second kappa shape index (κ2) is 5.54. The van der Waals surface area contributed by atoms with E-state index in [4.69, 9.17) is 4.42 Å². The van der Waals surface area contributed by atoms with Gasteiger partial charge in [0.1, 0.15) is 5.76 Å². The molecule has 2 amide bonds. The van der Waals surface area contributed by atoms with Gasteiger partial charge in [0.2, 0.25) is 0 Å². The van der Waals surface area contributed by atoms with Crippen molar-refractivity contribution in [3.05, 3.63) is 41.7 Å². The summed E-state index contributed by atoms with van der Waals surface area (Å²) in [5.74, 6) is 0.869. The molecule has 1 atom stereocenters. The van der Waals surface area contributed by atoms with Gasteiger partial charge < -0.3 is 9.73 Å². The molecule has 5 heteroatoms. The molecule has 2 aromatic rings. The smallest absolute Gasteiger partial charge is 0.320 e. The number of thiophene rings is 1. The van der Waals surface area contributed by atoms with Gasteiger partial charge in [0.15, 0.2) is 0 Å². The lowest BCUT2D eigenvalue weighted by molar-refractivity contribution is 0.249. The number of anilines is 1. The normalized spacial score (nSPS) is 12.1. The maximum Gasteiger partial charge on any atom is 0.320 e. The molecular weight excluding hydrogens is 236 g/mol. The standard InChI is InChI=1S/C12H14N2O2S/c1-9(8-10-4-2-6-16-10)13-12(15)14-11-5-3-7-17-11/h2-7,9H,8H2,1H3,(H2,13,14,15)/t9-/m0/s1. The molecule has 0 saturated carbocycles. The van der Waals surface area contributed by atoms with Gasteiger partial charge in [-0.1, -0.05) is 0 Å². The van der Waals surface area contributed by atoms with Gasteiger partial charge in [0.05, 0.1) is 11.3 Å². The van der Waals surface area contributed by atoms with Crippen molar-refractivity contribution < 1.29 is 9.21 Å². The largest absolute Gasteiger partial charge is 0.469 e. The van der Waals surface area contributed by atoms with Crippen molar-refractivity contribution in [2.75, 3.05) is 5.32 Å². The predicted octanol–water partition coefficient (Wildman–Crippen LogP) is 3.09. The molecule has 0 saturated heterocycles. The molecule has 90 valence electrons. The lowest BCUT2D eigenvalue weighted by Crippen LogP contribution is -2.37. The van der Waals surface area contributed by atoms with Crippen LogP contribution in [0.25, 0.3) is 0 Å². The van der Waals surface area contributed by atoms with Crippen LogP contribution in [0.3, 0.4) is 0 Å². The van der Waals surface area contributed by atoms with Crippen molar-refractivity contribution in [2.24, 2.45) is 0 Å². The molecule has 0 bridgehead atoms. The summed E-state index contributed by atoms with van der Waals surface area (Å²) in [5, 5.41) is 8.38. The fraction of sp³-hybridized carbons (Fsp3) is 0.250. The van der Waals surface area contributed by atoms with Crippen LogP contribution in [-0.4, -0.2) is 12.1 Å². The number of amides is 2. The van der Waals surface area contributed by atoms with Crippen LogP contribution in [0.15, 0.2) is 40.3 Å². The van der Waals surface area contributed by atoms with Crippen molar-refractivity contribution in [3.63, 3.8) is 0 Å². The van der Waals surface area contributed by atoms with Gasteiger partial charge in [0, 0.05) is 12.5 Å². The number of carbonyl (C=O) groups is 1. The maximum absolute atomic E-state index is 11.6. The van der Waals surface area contributed by atoms with Gasteiger partial charge in [-0.25, -0.2) is 4.79 Å². The monoisotopic (exact) mass is 250 g/mol. The molecule has 0 unspecified atom stereocenters. The molecule has 0 aliphatic heterocycles. The molecule has 2 N–H and O–H groups in total. The van der Waals surface area contributed by atoms with Gasteiger partial charge in [-0.3, -0.25) is 5.32 Å². The average Bonchev–Trinajstić information content (AvgIpc) is 2.90. The summed E-state index contributed by atoms with van der Waals surface area (Å²) in [6.45, 7) is 1.94. The first-order valence-corrected chi connectivity index (χ1v) is 6.25. The van der Waals surface area contributed by atoms with Gasteiger partial charge in [-0.2, -0.15) is 0 Å². The van der Waals surface area contributed by atoms with Gasteiger partial charge in [-0.05, 0) is 36.6 Å². The average molecular weight is 250 g/mol. The minimum Gasteiger partial charge on any atom is -0.469 e. The highest BCUT2D eigenvalue weighted by atomic mass is 32.1. The summed E-state index contributed by atoms with van der Waals surface area (Å²) in [7, 11) is 0. The number of hydrogen-bond acceptors (Lipinski definition) is 3. The van der Waals surface area contributed by atoms with Gasteiger partial charge in [-0.15, -0.1) is 11.3 Å². The SMILES string of the molecule is C[C@@H](Cc1ccco1)NC(=O)Nc1cccs1. The second-order valence-corrected chi connectivity index (χ2v) is 4.71. The molecule has 2 rings (SSSR count). The van der Waals surface area contributed by atoms with Crippen molar-refractivity contribution in [2.45, 2.75) is 19.4 Å². The molecular formula is C12H14N2O2S. The summed E-state index contributed by atoms with van der Waals surface area (Å²) < 4.78 is 5.22. The summed E-state index contributed by atoms with van der Waals surface area (Å²) in [5.41, 5.74) is 0. The summed E-state index contributed by atoms with van der Waals surface area (Å²) in [6.07, 6.45) is 2.32. The summed E-state index contributed by atoms with van der Waals surface area (Å²) in [6, 6.07) is 7.34. The molecule has 2 aromatic heterocycles. The third-order valence-corrected chi connectivity index (χ3v) is 3.01. The van der Waals surface area contributed by atoms with E-state index >= 15 is 0 Å². The fourth-order valence-corrected chi connectivity index (χ4v) is 2.12. The Kier molecular flexibility index (Phi) is 3.82. The van der Waals surface area contributed by atoms with Crippen LogP contribution in [0.2, 0.25) is 0 Å². The van der Waals surface area contributed by atoms with Crippen molar-refractivity contribution >= 4 is 22.4 Å². The van der Waals surface area contributed by atoms with E-state index < -0.39 is 0 Å². The van der Waals surface area contributed by atoms with Crippen LogP contribution in [0.4, 0.5) is 9.80 Å². The number of furan rings is 1. The molecule has 0 radical (unpaired) electrons. The van der Waals surface area contributed by atoms with E-state index in [0.29, 0.717) is 6.42 Å². The number of urea groups is 1. The first-order chi connectivity index (χ1) is 8.24. The molecule has 0 aromatic carbocycles. The predicted molar refractivity (Wildman–Crippen MR) is 68.3 cm³/mol. The zero-order valence-electron chi connectivity index (χ0n) is 9.47. The number of hydrogen-bond donors (Lipinski definition) is 2. The quantitative estimate of drug-likeness (QED) is 0.876. The number of nitrogens with one attached hydrogen (secondary N) is 2. The van der Waals surface area contributed by atoms with Crippen LogP contribution in [0, 0.1) is 0 Å². The Balaban J connectivity index is 1.78. The minimum absolute atomic E-state index is 0.0288. The van der Waals surface area contributed by atoms with E-state index in [2.05, 4.69) is 10.6 Å². The highest BCUT2D eigenvalue weighted by Gasteiger charge is 2.09. The summed E-state index contributed by atoms with van der Waals surface area (Å²) in [4.78, 5) is 11.6. The number of carbonyl (C=O) groups excluding carboxylic acids is 1. The lowest BCUT2D eigenvalue weighted by atomic mass is 10.2. The van der Waals surface area contributed by atoms with E-state index in [0.717, 1.165) is 10.8 Å². The van der Waals surface area contributed by atoms with E-state index in [-0.39, 0.29) is 12.1 Å². The summed E-state index contributed by atoms with van der Waals surface area (Å²) >= 11 is 1.49. The lowest BCUT2D eigenvalue weighted by Gasteiger charge is -2.12. The Labute approximate surface area is 104 Å². The topological polar surface area (TPSA) is 54.3 Å². The molecule has 0 spiro atoms. The second-order valence-electron chi connectivity index (χ2n) is 3.76. The Morgan fingerprint density at radius 3 is 3.00 bits per heavy atom. The third-order valence-electron chi connectivity index (χ3n) is 2.22. The molecule has 0 aliphatic rings. The molecule has 0 fully saturated rings. The first kappa shape index (κ1) is 11.7. The highest BCUT2D eigenvalue weighted by molar-refractivity contribution is 7.14. The zero-order chi connectivity index (χ0) is 12.1. The zero-order valence-corrected chi connectivity index (χ0v) is 10.3. The van der Waals surface area contributed by atoms with Crippen LogP contribution in [0.5, 0.6) is 0 Å². The molecule has 2 heterocycles. The Morgan fingerprint density at radius 2 is 2.35 bits per heavy atom. The first-order valence-electron chi connectivity index (χ1n) is 5.37. The Hall–Kier alpha value is -1.75. The van der Waals surface area contributed by atoms with Gasteiger partial charge >= 0.3 is 6.03 Å². The van der Waals surface area contributed by atoms with Crippen LogP contribution in [0.1, 0.15) is 12.7 Å². The Morgan fingerprint density at radius 1 is 1.47 bits per heavy atom. The highest BCUT2D eigenvalue weighted by Crippen LogP contribution is 2.14. The molecule has 4 nitrogen and oxygen atoms in total. The van der Waals surface area contributed by atoms with E-state index in [1.165, 1.54) is 11.3 Å². The maximum atomic E-state index is 11.6. The van der Waals surface area contributed by atoms with Crippen molar-refractivity contribution in [3.8, 4) is 0 Å². The van der Waals surface area contributed by atoms with E-state index in [9.17, 15) is 4.79 Å². The Bertz CT molecular complexity index is 451. The third kappa shape index (κ3) is 3.64. The van der Waals surface area contributed by atoms with Crippen LogP contribution < -0.4 is 10.6 Å². The van der Waals surface area contributed by atoms with Crippen molar-refractivity contribution in [1.29, 1.82) is 0 Å². The minimum atomic E-state index is -0.188.